The van der Waals surface area contributed by atoms with Crippen LogP contribution in [0.2, 0.25) is 0 Å². The van der Waals surface area contributed by atoms with Crippen LogP contribution in [0.5, 0.6) is 0 Å². The first kappa shape index (κ1) is 16.8. The molecular formula is C14H22N2O3S. The maximum absolute atomic E-state index is 11.8. The molecule has 112 valence electrons. The molecule has 1 aromatic heterocycles. The Morgan fingerprint density at radius 2 is 1.90 bits per heavy atom. The van der Waals surface area contributed by atoms with Crippen LogP contribution in [0.25, 0.3) is 0 Å². The Morgan fingerprint density at radius 3 is 2.40 bits per heavy atom. The van der Waals surface area contributed by atoms with E-state index < -0.39 is 5.97 Å². The molecule has 0 atom stereocenters. The summed E-state index contributed by atoms with van der Waals surface area (Å²) in [5.41, 5.74) is 0.166. The average Bonchev–Trinajstić information content (AvgIpc) is 2.85. The van der Waals surface area contributed by atoms with Crippen LogP contribution in [0.1, 0.15) is 52.9 Å². The van der Waals surface area contributed by atoms with Crippen molar-refractivity contribution >= 4 is 23.1 Å². The fourth-order valence-electron chi connectivity index (χ4n) is 1.84. The van der Waals surface area contributed by atoms with Gasteiger partial charge >= 0.3 is 5.97 Å². The van der Waals surface area contributed by atoms with Crippen molar-refractivity contribution in [3.05, 3.63) is 15.6 Å². The molecular weight excluding hydrogens is 276 g/mol. The summed E-state index contributed by atoms with van der Waals surface area (Å²) >= 11 is 1.30. The Balaban J connectivity index is 2.86. The highest BCUT2D eigenvalue weighted by Crippen LogP contribution is 2.21. The van der Waals surface area contributed by atoms with Crippen molar-refractivity contribution in [3.8, 4) is 0 Å². The van der Waals surface area contributed by atoms with E-state index in [0.717, 1.165) is 31.1 Å². The van der Waals surface area contributed by atoms with E-state index in [1.807, 2.05) is 0 Å². The minimum Gasteiger partial charge on any atom is -0.461 e. The van der Waals surface area contributed by atoms with Crippen LogP contribution in [-0.4, -0.2) is 47.9 Å². The lowest BCUT2D eigenvalue weighted by Gasteiger charge is -2.16. The monoisotopic (exact) mass is 298 g/mol. The first-order chi connectivity index (χ1) is 9.53. The molecule has 0 amide bonds. The highest BCUT2D eigenvalue weighted by atomic mass is 32.1. The van der Waals surface area contributed by atoms with Crippen LogP contribution in [0.3, 0.4) is 0 Å². The molecule has 0 saturated carbocycles. The number of esters is 1. The highest BCUT2D eigenvalue weighted by Gasteiger charge is 2.22. The van der Waals surface area contributed by atoms with E-state index in [2.05, 4.69) is 23.7 Å². The molecule has 1 rings (SSSR count). The van der Waals surface area contributed by atoms with Gasteiger partial charge in [0.15, 0.2) is 11.5 Å². The Hall–Kier alpha value is -1.27. The third kappa shape index (κ3) is 4.38. The van der Waals surface area contributed by atoms with Crippen LogP contribution in [0.15, 0.2) is 0 Å². The number of ether oxygens (including phenoxy) is 1. The van der Waals surface area contributed by atoms with Crippen molar-refractivity contribution in [2.45, 2.75) is 34.1 Å². The molecule has 0 aliphatic heterocycles. The van der Waals surface area contributed by atoms with Gasteiger partial charge in [0.2, 0.25) is 0 Å². The van der Waals surface area contributed by atoms with Gasteiger partial charge in [-0.25, -0.2) is 9.78 Å². The maximum atomic E-state index is 11.8. The molecule has 0 aliphatic carbocycles. The van der Waals surface area contributed by atoms with Gasteiger partial charge in [0.05, 0.1) is 11.6 Å². The fraction of sp³-hybridized carbons (Fsp3) is 0.643. The lowest BCUT2D eigenvalue weighted by molar-refractivity contribution is 0.0517. The molecule has 0 radical (unpaired) electrons. The van der Waals surface area contributed by atoms with Gasteiger partial charge < -0.3 is 9.64 Å². The maximum Gasteiger partial charge on any atom is 0.358 e. The Kier molecular flexibility index (Phi) is 6.81. The molecule has 0 unspecified atom stereocenters. The van der Waals surface area contributed by atoms with E-state index in [1.165, 1.54) is 18.3 Å². The molecule has 5 nitrogen and oxygen atoms in total. The van der Waals surface area contributed by atoms with Crippen molar-refractivity contribution in [1.82, 2.24) is 9.88 Å². The lowest BCUT2D eigenvalue weighted by Crippen LogP contribution is -2.25. The molecule has 0 spiro atoms. The first-order valence-electron chi connectivity index (χ1n) is 6.93. The van der Waals surface area contributed by atoms with E-state index in [9.17, 15) is 9.59 Å². The topological polar surface area (TPSA) is 59.5 Å². The zero-order valence-electron chi connectivity index (χ0n) is 12.6. The zero-order chi connectivity index (χ0) is 15.1. The second-order valence-corrected chi connectivity index (χ2v) is 5.42. The number of carbonyl (C=O) groups is 2. The van der Waals surface area contributed by atoms with Gasteiger partial charge in [-0.1, -0.05) is 13.8 Å². The third-order valence-corrected chi connectivity index (χ3v) is 4.21. The molecule has 0 fully saturated rings. The van der Waals surface area contributed by atoms with Crippen LogP contribution in [0.4, 0.5) is 0 Å². The minimum absolute atomic E-state index is 0.139. The van der Waals surface area contributed by atoms with Crippen molar-refractivity contribution < 1.29 is 14.3 Å². The standard InChI is InChI=1S/C14H22N2O3S/c1-5-16(6-2)9-8-11-15-12(14(18)19-7-3)13(20-11)10(4)17/h5-9H2,1-4H3. The zero-order valence-corrected chi connectivity index (χ0v) is 13.4. The van der Waals surface area contributed by atoms with Gasteiger partial charge in [-0.3, -0.25) is 4.79 Å². The fourth-order valence-corrected chi connectivity index (χ4v) is 2.78. The third-order valence-electron chi connectivity index (χ3n) is 3.00. The van der Waals surface area contributed by atoms with Crippen molar-refractivity contribution in [1.29, 1.82) is 0 Å². The van der Waals surface area contributed by atoms with Gasteiger partial charge in [0, 0.05) is 19.9 Å². The molecule has 0 bridgehead atoms. The van der Waals surface area contributed by atoms with Crippen LogP contribution in [0, 0.1) is 0 Å². The number of Topliss-reactive ketones (excluding diaryl/α,β-unsaturated/α-hetero) is 1. The van der Waals surface area contributed by atoms with Crippen molar-refractivity contribution in [2.24, 2.45) is 0 Å². The summed E-state index contributed by atoms with van der Waals surface area (Å²) in [7, 11) is 0. The number of hydrogen-bond acceptors (Lipinski definition) is 6. The molecule has 6 heteroatoms. The Bertz CT molecular complexity index is 467. The Labute approximate surface area is 124 Å². The summed E-state index contributed by atoms with van der Waals surface area (Å²) in [6.07, 6.45) is 0.742. The molecule has 0 saturated heterocycles. The summed E-state index contributed by atoms with van der Waals surface area (Å²) in [5.74, 6) is -0.650. The predicted molar refractivity (Wildman–Crippen MR) is 79.6 cm³/mol. The van der Waals surface area contributed by atoms with Crippen LogP contribution >= 0.6 is 11.3 Å². The summed E-state index contributed by atoms with van der Waals surface area (Å²) in [4.78, 5) is 30.3. The number of carbonyl (C=O) groups excluding carboxylic acids is 2. The van der Waals surface area contributed by atoms with E-state index in [1.54, 1.807) is 6.92 Å². The van der Waals surface area contributed by atoms with Gasteiger partial charge in [-0.05, 0) is 20.0 Å². The van der Waals surface area contributed by atoms with E-state index in [0.29, 0.717) is 4.88 Å². The van der Waals surface area contributed by atoms with E-state index >= 15 is 0 Å². The summed E-state index contributed by atoms with van der Waals surface area (Å²) in [6.45, 7) is 10.5. The highest BCUT2D eigenvalue weighted by molar-refractivity contribution is 7.14. The number of ketones is 1. The summed E-state index contributed by atoms with van der Waals surface area (Å²) in [6, 6.07) is 0. The van der Waals surface area contributed by atoms with Crippen LogP contribution < -0.4 is 0 Å². The van der Waals surface area contributed by atoms with Gasteiger partial charge in [-0.2, -0.15) is 0 Å². The molecule has 20 heavy (non-hydrogen) atoms. The molecule has 0 aromatic carbocycles. The molecule has 1 heterocycles. The quantitative estimate of drug-likeness (QED) is 0.545. The second-order valence-electron chi connectivity index (χ2n) is 4.34. The average molecular weight is 298 g/mol. The largest absolute Gasteiger partial charge is 0.461 e. The molecule has 0 aliphatic rings. The number of hydrogen-bond donors (Lipinski definition) is 0. The number of likely N-dealkylation sites (N-methyl/N-ethyl adjacent to an activating group) is 1. The van der Waals surface area contributed by atoms with Gasteiger partial charge in [-0.15, -0.1) is 11.3 Å². The minimum atomic E-state index is -0.511. The predicted octanol–water partition coefficient (Wildman–Crippen LogP) is 2.41. The SMILES string of the molecule is CCOC(=O)c1nc(CCN(CC)CC)sc1C(C)=O. The lowest BCUT2D eigenvalue weighted by atomic mass is 10.3. The number of thiazole rings is 1. The van der Waals surface area contributed by atoms with Gasteiger partial charge in [0.25, 0.3) is 0 Å². The number of aromatic nitrogens is 1. The second kappa shape index (κ2) is 8.11. The van der Waals surface area contributed by atoms with E-state index in [4.69, 9.17) is 4.74 Å². The first-order valence-corrected chi connectivity index (χ1v) is 7.75. The van der Waals surface area contributed by atoms with Gasteiger partial charge in [0.1, 0.15) is 4.88 Å². The van der Waals surface area contributed by atoms with Crippen molar-refractivity contribution in [2.75, 3.05) is 26.2 Å². The number of nitrogens with zero attached hydrogens (tertiary/aromatic N) is 2. The molecule has 0 N–H and O–H groups in total. The Morgan fingerprint density at radius 1 is 1.25 bits per heavy atom. The number of rotatable bonds is 8. The smallest absolute Gasteiger partial charge is 0.358 e. The van der Waals surface area contributed by atoms with Crippen molar-refractivity contribution in [3.63, 3.8) is 0 Å². The summed E-state index contributed by atoms with van der Waals surface area (Å²) in [5, 5.41) is 0.810. The molecule has 1 aromatic rings. The summed E-state index contributed by atoms with van der Waals surface area (Å²) < 4.78 is 4.94. The normalized spacial score (nSPS) is 10.8. The van der Waals surface area contributed by atoms with E-state index in [-0.39, 0.29) is 18.1 Å². The van der Waals surface area contributed by atoms with Crippen LogP contribution in [-0.2, 0) is 11.2 Å².